The molecule has 0 unspecified atom stereocenters. The highest BCUT2D eigenvalue weighted by Crippen LogP contribution is 2.49. The number of esters is 2. The van der Waals surface area contributed by atoms with Crippen molar-refractivity contribution >= 4 is 17.7 Å². The Morgan fingerprint density at radius 2 is 1.45 bits per heavy atom. The molecule has 0 heterocycles. The van der Waals surface area contributed by atoms with Crippen molar-refractivity contribution in [1.82, 2.24) is 5.32 Å². The summed E-state index contributed by atoms with van der Waals surface area (Å²) >= 11 is 0. The zero-order valence-corrected chi connectivity index (χ0v) is 22.2. The molecular formula is C32H33NO5. The number of ketones is 1. The molecule has 4 rings (SSSR count). The molecule has 0 bridgehead atoms. The first-order chi connectivity index (χ1) is 18.2. The molecule has 0 aliphatic heterocycles. The third kappa shape index (κ3) is 5.86. The third-order valence-corrected chi connectivity index (χ3v) is 6.80. The van der Waals surface area contributed by atoms with Crippen molar-refractivity contribution in [2.45, 2.75) is 51.7 Å². The highest BCUT2D eigenvalue weighted by molar-refractivity contribution is 6.24. The Balaban J connectivity index is 1.48. The standard InChI is InChI=1S/C32H33NO5/c1-21(2)38-31(36)32(18-19-32)27-16-14-25(15-17-27)24-10-12-26(13-11-24)29(34)28(22(3)33-4)30(35)37-20-23-8-6-5-7-9-23/h5-17,21,33H,18-20H2,1-4H3. The van der Waals surface area contributed by atoms with Gasteiger partial charge in [0.1, 0.15) is 12.2 Å². The highest BCUT2D eigenvalue weighted by atomic mass is 16.5. The summed E-state index contributed by atoms with van der Waals surface area (Å²) in [7, 11) is 1.66. The van der Waals surface area contributed by atoms with E-state index < -0.39 is 17.2 Å². The van der Waals surface area contributed by atoms with E-state index in [-0.39, 0.29) is 24.3 Å². The van der Waals surface area contributed by atoms with Gasteiger partial charge in [0, 0.05) is 18.3 Å². The van der Waals surface area contributed by atoms with Gasteiger partial charge in [0.15, 0.2) is 0 Å². The van der Waals surface area contributed by atoms with Gasteiger partial charge in [-0.15, -0.1) is 0 Å². The van der Waals surface area contributed by atoms with E-state index in [1.165, 1.54) is 0 Å². The van der Waals surface area contributed by atoms with E-state index in [1.807, 2.05) is 80.6 Å². The lowest BCUT2D eigenvalue weighted by Crippen LogP contribution is -2.25. The molecule has 0 amide bonds. The largest absolute Gasteiger partial charge is 0.462 e. The predicted octanol–water partition coefficient (Wildman–Crippen LogP) is 5.76. The Labute approximate surface area is 223 Å². The fourth-order valence-corrected chi connectivity index (χ4v) is 4.34. The monoisotopic (exact) mass is 511 g/mol. The fourth-order valence-electron chi connectivity index (χ4n) is 4.34. The zero-order chi connectivity index (χ0) is 27.3. The summed E-state index contributed by atoms with van der Waals surface area (Å²) < 4.78 is 10.9. The summed E-state index contributed by atoms with van der Waals surface area (Å²) in [5.74, 6) is -1.24. The number of nitrogens with one attached hydrogen (secondary N) is 1. The number of carbonyl (C=O) groups is 3. The van der Waals surface area contributed by atoms with Gasteiger partial charge in [-0.25, -0.2) is 4.79 Å². The molecule has 1 aliphatic carbocycles. The maximum Gasteiger partial charge on any atom is 0.344 e. The molecule has 196 valence electrons. The van der Waals surface area contributed by atoms with Gasteiger partial charge < -0.3 is 14.8 Å². The first-order valence-electron chi connectivity index (χ1n) is 12.8. The van der Waals surface area contributed by atoms with Crippen LogP contribution in [0.4, 0.5) is 0 Å². The van der Waals surface area contributed by atoms with Crippen LogP contribution in [0.2, 0.25) is 0 Å². The molecule has 0 atom stereocenters. The van der Waals surface area contributed by atoms with E-state index in [2.05, 4.69) is 5.32 Å². The Bertz CT molecular complexity index is 1330. The number of ether oxygens (including phenoxy) is 2. The van der Waals surface area contributed by atoms with Gasteiger partial charge >= 0.3 is 11.9 Å². The van der Waals surface area contributed by atoms with Gasteiger partial charge in [-0.05, 0) is 55.9 Å². The molecular weight excluding hydrogens is 478 g/mol. The first kappa shape index (κ1) is 26.9. The van der Waals surface area contributed by atoms with Crippen LogP contribution in [0.3, 0.4) is 0 Å². The van der Waals surface area contributed by atoms with E-state index in [1.54, 1.807) is 26.1 Å². The number of allylic oxidation sites excluding steroid dienone is 1. The number of hydrogen-bond acceptors (Lipinski definition) is 6. The van der Waals surface area contributed by atoms with E-state index in [0.29, 0.717) is 11.3 Å². The first-order valence-corrected chi connectivity index (χ1v) is 12.8. The van der Waals surface area contributed by atoms with Gasteiger partial charge in [-0.1, -0.05) is 78.9 Å². The lowest BCUT2D eigenvalue weighted by Gasteiger charge is -2.17. The van der Waals surface area contributed by atoms with Crippen molar-refractivity contribution in [3.05, 3.63) is 107 Å². The lowest BCUT2D eigenvalue weighted by atomic mass is 9.93. The van der Waals surface area contributed by atoms with E-state index in [9.17, 15) is 14.4 Å². The minimum Gasteiger partial charge on any atom is -0.462 e. The van der Waals surface area contributed by atoms with E-state index >= 15 is 0 Å². The number of rotatable bonds is 10. The molecule has 1 fully saturated rings. The van der Waals surface area contributed by atoms with Crippen LogP contribution in [0.5, 0.6) is 0 Å². The smallest absolute Gasteiger partial charge is 0.344 e. The Morgan fingerprint density at radius 3 is 1.97 bits per heavy atom. The molecule has 38 heavy (non-hydrogen) atoms. The van der Waals surface area contributed by atoms with Gasteiger partial charge in [-0.3, -0.25) is 9.59 Å². The minimum atomic E-state index is -0.671. The Kier molecular flexibility index (Phi) is 8.10. The molecule has 1 aliphatic rings. The molecule has 0 radical (unpaired) electrons. The molecule has 3 aromatic carbocycles. The topological polar surface area (TPSA) is 81.7 Å². The predicted molar refractivity (Wildman–Crippen MR) is 146 cm³/mol. The average Bonchev–Trinajstić information content (AvgIpc) is 3.75. The van der Waals surface area contributed by atoms with Gasteiger partial charge in [0.25, 0.3) is 0 Å². The van der Waals surface area contributed by atoms with Crippen LogP contribution >= 0.6 is 0 Å². The molecule has 1 N–H and O–H groups in total. The molecule has 0 aromatic heterocycles. The second kappa shape index (κ2) is 11.5. The van der Waals surface area contributed by atoms with Crippen LogP contribution in [0.25, 0.3) is 11.1 Å². The number of Topliss-reactive ketones (excluding diaryl/α,β-unsaturated/α-hetero) is 1. The van der Waals surface area contributed by atoms with Crippen LogP contribution in [-0.2, 0) is 31.1 Å². The lowest BCUT2D eigenvalue weighted by molar-refractivity contribution is -0.150. The van der Waals surface area contributed by atoms with Gasteiger partial charge in [-0.2, -0.15) is 0 Å². The van der Waals surface area contributed by atoms with Crippen LogP contribution in [0.15, 0.2) is 90.1 Å². The number of benzene rings is 3. The molecule has 6 heteroatoms. The molecule has 0 spiro atoms. The van der Waals surface area contributed by atoms with E-state index in [4.69, 9.17) is 9.47 Å². The Morgan fingerprint density at radius 1 is 0.868 bits per heavy atom. The quantitative estimate of drug-likeness (QED) is 0.123. The summed E-state index contributed by atoms with van der Waals surface area (Å²) in [5, 5.41) is 2.90. The van der Waals surface area contributed by atoms with Crippen LogP contribution < -0.4 is 5.32 Å². The Hall–Kier alpha value is -4.19. The summed E-state index contributed by atoms with van der Waals surface area (Å²) in [6.45, 7) is 5.48. The number of hydrogen-bond donors (Lipinski definition) is 1. The van der Waals surface area contributed by atoms with Gasteiger partial charge in [0.2, 0.25) is 5.78 Å². The third-order valence-electron chi connectivity index (χ3n) is 6.80. The fraction of sp³-hybridized carbons (Fsp3) is 0.281. The van der Waals surface area contributed by atoms with Crippen LogP contribution in [0.1, 0.15) is 55.1 Å². The van der Waals surface area contributed by atoms with Crippen molar-refractivity contribution in [2.24, 2.45) is 0 Å². The highest BCUT2D eigenvalue weighted by Gasteiger charge is 2.53. The van der Waals surface area contributed by atoms with Crippen LogP contribution in [-0.4, -0.2) is 30.9 Å². The minimum absolute atomic E-state index is 0.0245. The normalized spacial score (nSPS) is 14.3. The maximum absolute atomic E-state index is 13.3. The van der Waals surface area contributed by atoms with Crippen molar-refractivity contribution in [3.8, 4) is 11.1 Å². The summed E-state index contributed by atoms with van der Waals surface area (Å²) in [5.41, 5.74) is 3.97. The molecule has 1 saturated carbocycles. The second-order valence-electron chi connectivity index (χ2n) is 9.83. The second-order valence-corrected chi connectivity index (χ2v) is 9.83. The van der Waals surface area contributed by atoms with Crippen molar-refractivity contribution in [2.75, 3.05) is 7.05 Å². The molecule has 6 nitrogen and oxygen atoms in total. The van der Waals surface area contributed by atoms with Crippen LogP contribution in [0, 0.1) is 0 Å². The summed E-state index contributed by atoms with van der Waals surface area (Å²) in [6, 6.07) is 24.4. The number of carbonyl (C=O) groups excluding carboxylic acids is 3. The van der Waals surface area contributed by atoms with Gasteiger partial charge in [0.05, 0.1) is 11.5 Å². The average molecular weight is 512 g/mol. The molecule has 0 saturated heterocycles. The van der Waals surface area contributed by atoms with Crippen molar-refractivity contribution < 1.29 is 23.9 Å². The maximum atomic E-state index is 13.3. The zero-order valence-electron chi connectivity index (χ0n) is 22.2. The molecule has 3 aromatic rings. The SMILES string of the molecule is CNC(C)=C(C(=O)OCc1ccccc1)C(=O)c1ccc(-c2ccc(C3(C(=O)OC(C)C)CC3)cc2)cc1. The van der Waals surface area contributed by atoms with E-state index in [0.717, 1.165) is 35.1 Å². The summed E-state index contributed by atoms with van der Waals surface area (Å²) in [4.78, 5) is 38.8. The van der Waals surface area contributed by atoms with Crippen molar-refractivity contribution in [1.29, 1.82) is 0 Å². The summed E-state index contributed by atoms with van der Waals surface area (Å²) in [6.07, 6.45) is 1.45. The van der Waals surface area contributed by atoms with Crippen molar-refractivity contribution in [3.63, 3.8) is 0 Å².